The molecule has 0 spiro atoms. The molecule has 1 saturated heterocycles. The number of aliphatic hydroxyl groups excluding tert-OH is 4. The van der Waals surface area contributed by atoms with E-state index in [2.05, 4.69) is 0 Å². The van der Waals surface area contributed by atoms with E-state index in [-0.39, 0.29) is 0 Å². The average Bonchev–Trinajstić information content (AvgIpc) is 3.14. The van der Waals surface area contributed by atoms with Crippen molar-refractivity contribution in [3.8, 4) is 5.75 Å². The molecular formula is C20H24O9. The molecule has 0 saturated carbocycles. The molecule has 0 radical (unpaired) electrons. The topological polar surface area (TPSA) is 139 Å². The van der Waals surface area contributed by atoms with E-state index in [0.29, 0.717) is 17.8 Å². The van der Waals surface area contributed by atoms with E-state index in [1.54, 1.807) is 32.0 Å². The first-order chi connectivity index (χ1) is 13.7. The predicted molar refractivity (Wildman–Crippen MR) is 99.5 cm³/mol. The van der Waals surface area contributed by atoms with E-state index < -0.39 is 54.6 Å². The van der Waals surface area contributed by atoms with Crippen molar-refractivity contribution < 1.29 is 39.1 Å². The second-order valence-electron chi connectivity index (χ2n) is 7.94. The molecular weight excluding hydrogens is 384 g/mol. The maximum Gasteiger partial charge on any atom is 0.336 e. The number of hydrogen-bond acceptors (Lipinski definition) is 9. The first kappa shape index (κ1) is 20.3. The molecule has 158 valence electrons. The molecule has 1 aromatic carbocycles. The Morgan fingerprint density at radius 3 is 2.55 bits per heavy atom. The van der Waals surface area contributed by atoms with Gasteiger partial charge in [-0.25, -0.2) is 4.79 Å². The van der Waals surface area contributed by atoms with Crippen LogP contribution in [0.25, 0.3) is 11.0 Å². The molecule has 2 aliphatic heterocycles. The molecule has 4 rings (SSSR count). The summed E-state index contributed by atoms with van der Waals surface area (Å²) in [7, 11) is 0. The summed E-state index contributed by atoms with van der Waals surface area (Å²) in [5, 5.41) is 40.2. The Morgan fingerprint density at radius 2 is 1.83 bits per heavy atom. The zero-order valence-corrected chi connectivity index (χ0v) is 16.0. The number of aliphatic hydroxyl groups is 4. The van der Waals surface area contributed by atoms with E-state index in [9.17, 15) is 25.2 Å². The SMILES string of the molecule is CC(C)(O[C@@H]1O[C@H](CO)[C@@H](O)[C@H](O)[C@H]1O)[C@H]1Cc2c(ccc3ccc(=O)oc23)O1. The highest BCUT2D eigenvalue weighted by molar-refractivity contribution is 5.82. The number of fused-ring (bicyclic) bond motifs is 3. The van der Waals surface area contributed by atoms with Crippen molar-refractivity contribution in [3.63, 3.8) is 0 Å². The largest absolute Gasteiger partial charge is 0.487 e. The Morgan fingerprint density at radius 1 is 1.10 bits per heavy atom. The van der Waals surface area contributed by atoms with Gasteiger partial charge >= 0.3 is 5.63 Å². The Hall–Kier alpha value is -2.01. The first-order valence-corrected chi connectivity index (χ1v) is 9.42. The molecule has 9 heteroatoms. The number of rotatable bonds is 4. The molecule has 2 aliphatic rings. The second-order valence-corrected chi connectivity index (χ2v) is 7.94. The molecule has 0 unspecified atom stereocenters. The van der Waals surface area contributed by atoms with Crippen molar-refractivity contribution >= 4 is 11.0 Å². The van der Waals surface area contributed by atoms with Crippen molar-refractivity contribution in [1.29, 1.82) is 0 Å². The number of hydrogen-bond donors (Lipinski definition) is 4. The highest BCUT2D eigenvalue weighted by Gasteiger charge is 2.48. The monoisotopic (exact) mass is 408 g/mol. The van der Waals surface area contributed by atoms with Crippen molar-refractivity contribution in [3.05, 3.63) is 40.2 Å². The standard InChI is InChI=1S/C20H24O9/c1-20(2,29-19-17(25)16(24)15(23)12(8-21)27-19)13-7-10-11(26-13)5-3-9-4-6-14(22)28-18(9)10/h3-6,12-13,15-17,19,21,23-25H,7-8H2,1-2H3/t12-,13-,15-,16+,17-,19+/m1/s1. The summed E-state index contributed by atoms with van der Waals surface area (Å²) in [4.78, 5) is 11.6. The lowest BCUT2D eigenvalue weighted by molar-refractivity contribution is -0.329. The third kappa shape index (κ3) is 3.54. The predicted octanol–water partition coefficient (Wildman–Crippen LogP) is -0.308. The van der Waals surface area contributed by atoms with Gasteiger partial charge in [0.1, 0.15) is 47.5 Å². The lowest BCUT2D eigenvalue weighted by Gasteiger charge is -2.43. The van der Waals surface area contributed by atoms with Crippen LogP contribution < -0.4 is 10.4 Å². The van der Waals surface area contributed by atoms with Crippen LogP contribution in [0, 0.1) is 0 Å². The van der Waals surface area contributed by atoms with Gasteiger partial charge in [0.25, 0.3) is 0 Å². The summed E-state index contributed by atoms with van der Waals surface area (Å²) in [6.45, 7) is 2.94. The lowest BCUT2D eigenvalue weighted by Crippen LogP contribution is -2.61. The average molecular weight is 408 g/mol. The van der Waals surface area contributed by atoms with Crippen LogP contribution in [-0.2, 0) is 15.9 Å². The van der Waals surface area contributed by atoms with Gasteiger partial charge in [-0.1, -0.05) is 0 Å². The van der Waals surface area contributed by atoms with Crippen LogP contribution in [-0.4, -0.2) is 69.4 Å². The highest BCUT2D eigenvalue weighted by atomic mass is 16.7. The van der Waals surface area contributed by atoms with Gasteiger partial charge in [-0.2, -0.15) is 0 Å². The van der Waals surface area contributed by atoms with Crippen molar-refractivity contribution in [2.75, 3.05) is 6.61 Å². The summed E-state index contributed by atoms with van der Waals surface area (Å²) in [5.41, 5.74) is -0.239. The molecule has 1 fully saturated rings. The summed E-state index contributed by atoms with van der Waals surface area (Å²) in [6.07, 6.45) is -6.93. The maximum absolute atomic E-state index is 11.6. The normalized spacial score (nSPS) is 32.2. The van der Waals surface area contributed by atoms with Crippen LogP contribution in [0.1, 0.15) is 19.4 Å². The lowest BCUT2D eigenvalue weighted by atomic mass is 9.95. The zero-order valence-electron chi connectivity index (χ0n) is 16.0. The fourth-order valence-electron chi connectivity index (χ4n) is 3.78. The van der Waals surface area contributed by atoms with Crippen LogP contribution >= 0.6 is 0 Å². The van der Waals surface area contributed by atoms with E-state index in [1.807, 2.05) is 0 Å². The summed E-state index contributed by atoms with van der Waals surface area (Å²) in [5.74, 6) is 0.572. The Balaban J connectivity index is 1.55. The quantitative estimate of drug-likeness (QED) is 0.502. The molecule has 1 aromatic heterocycles. The molecule has 0 bridgehead atoms. The third-order valence-electron chi connectivity index (χ3n) is 5.55. The van der Waals surface area contributed by atoms with Crippen LogP contribution in [0.5, 0.6) is 5.75 Å². The second kappa shape index (κ2) is 7.35. The number of benzene rings is 1. The summed E-state index contributed by atoms with van der Waals surface area (Å²) >= 11 is 0. The van der Waals surface area contributed by atoms with Gasteiger partial charge in [-0.3, -0.25) is 0 Å². The zero-order chi connectivity index (χ0) is 20.9. The first-order valence-electron chi connectivity index (χ1n) is 9.42. The maximum atomic E-state index is 11.6. The van der Waals surface area contributed by atoms with Crippen LogP contribution in [0.2, 0.25) is 0 Å². The minimum Gasteiger partial charge on any atom is -0.487 e. The molecule has 3 heterocycles. The molecule has 29 heavy (non-hydrogen) atoms. The molecule has 0 aliphatic carbocycles. The van der Waals surface area contributed by atoms with Crippen LogP contribution in [0.15, 0.2) is 33.5 Å². The molecule has 4 N–H and O–H groups in total. The van der Waals surface area contributed by atoms with E-state index in [4.69, 9.17) is 18.6 Å². The molecule has 0 amide bonds. The minimum atomic E-state index is -1.53. The van der Waals surface area contributed by atoms with Gasteiger partial charge in [0.15, 0.2) is 6.29 Å². The fourth-order valence-corrected chi connectivity index (χ4v) is 3.78. The molecule has 9 nitrogen and oxygen atoms in total. The van der Waals surface area contributed by atoms with E-state index >= 15 is 0 Å². The van der Waals surface area contributed by atoms with Gasteiger partial charge in [0.2, 0.25) is 0 Å². The Bertz CT molecular complexity index is 951. The Kier molecular flexibility index (Phi) is 5.14. The van der Waals surface area contributed by atoms with E-state index in [1.165, 1.54) is 6.07 Å². The van der Waals surface area contributed by atoms with Gasteiger partial charge in [-0.05, 0) is 32.0 Å². The van der Waals surface area contributed by atoms with E-state index in [0.717, 1.165) is 10.9 Å². The summed E-state index contributed by atoms with van der Waals surface area (Å²) < 4.78 is 22.7. The summed E-state index contributed by atoms with van der Waals surface area (Å²) in [6, 6.07) is 6.63. The Labute approximate surface area is 166 Å². The van der Waals surface area contributed by atoms with Crippen LogP contribution in [0.3, 0.4) is 0 Å². The van der Waals surface area contributed by atoms with Gasteiger partial charge in [0.05, 0.1) is 6.61 Å². The van der Waals surface area contributed by atoms with Crippen LogP contribution in [0.4, 0.5) is 0 Å². The van der Waals surface area contributed by atoms with Crippen molar-refractivity contribution in [1.82, 2.24) is 0 Å². The smallest absolute Gasteiger partial charge is 0.336 e. The highest BCUT2D eigenvalue weighted by Crippen LogP contribution is 2.39. The number of ether oxygens (including phenoxy) is 3. The third-order valence-corrected chi connectivity index (χ3v) is 5.55. The van der Waals surface area contributed by atoms with Crippen molar-refractivity contribution in [2.24, 2.45) is 0 Å². The van der Waals surface area contributed by atoms with Gasteiger partial charge < -0.3 is 39.1 Å². The van der Waals surface area contributed by atoms with Gasteiger partial charge in [-0.15, -0.1) is 0 Å². The molecule has 6 atom stereocenters. The fraction of sp³-hybridized carbons (Fsp3) is 0.550. The van der Waals surface area contributed by atoms with Gasteiger partial charge in [0, 0.05) is 23.4 Å². The minimum absolute atomic E-state index is 0.393. The van der Waals surface area contributed by atoms with Crippen molar-refractivity contribution in [2.45, 2.75) is 62.7 Å². The molecule has 2 aromatic rings.